The van der Waals surface area contributed by atoms with E-state index in [9.17, 15) is 9.50 Å². The van der Waals surface area contributed by atoms with E-state index in [0.29, 0.717) is 12.5 Å². The second-order valence-electron chi connectivity index (χ2n) is 8.80. The van der Waals surface area contributed by atoms with Crippen LogP contribution in [0.2, 0.25) is 0 Å². The zero-order chi connectivity index (χ0) is 21.3. The molecule has 5 heteroatoms. The van der Waals surface area contributed by atoms with Gasteiger partial charge in [0.2, 0.25) is 0 Å². The fourth-order valence-electron chi connectivity index (χ4n) is 5.19. The Morgan fingerprint density at radius 1 is 1.03 bits per heavy atom. The summed E-state index contributed by atoms with van der Waals surface area (Å²) in [5, 5.41) is 11.4. The van der Waals surface area contributed by atoms with Crippen LogP contribution in [0.5, 0.6) is 5.75 Å². The number of halogens is 1. The van der Waals surface area contributed by atoms with Crippen LogP contribution in [-0.4, -0.2) is 28.1 Å². The van der Waals surface area contributed by atoms with Gasteiger partial charge in [-0.3, -0.25) is 9.88 Å². The lowest BCUT2D eigenvalue weighted by atomic mass is 9.85. The van der Waals surface area contributed by atoms with Crippen LogP contribution in [0.25, 0.3) is 0 Å². The van der Waals surface area contributed by atoms with Crippen molar-refractivity contribution in [2.75, 3.05) is 13.1 Å². The number of benzene rings is 2. The predicted octanol–water partition coefficient (Wildman–Crippen LogP) is 4.53. The zero-order valence-corrected chi connectivity index (χ0v) is 17.5. The van der Waals surface area contributed by atoms with E-state index >= 15 is 0 Å². The van der Waals surface area contributed by atoms with Crippen LogP contribution in [0.1, 0.15) is 29.7 Å². The Bertz CT molecular complexity index is 1030. The predicted molar refractivity (Wildman–Crippen MR) is 117 cm³/mol. The molecule has 3 atom stereocenters. The molecular formula is C26H27FN2O2. The summed E-state index contributed by atoms with van der Waals surface area (Å²) in [6.45, 7) is 3.10. The molecule has 0 amide bonds. The van der Waals surface area contributed by atoms with Crippen LogP contribution < -0.4 is 4.74 Å². The molecule has 31 heavy (non-hydrogen) atoms. The molecule has 4 nitrogen and oxygen atoms in total. The highest BCUT2D eigenvalue weighted by atomic mass is 19.1. The first kappa shape index (κ1) is 20.2. The molecule has 1 saturated heterocycles. The Labute approximate surface area is 182 Å². The molecule has 2 aliphatic rings. The fraction of sp³-hybridized carbons (Fsp3) is 0.346. The van der Waals surface area contributed by atoms with Gasteiger partial charge in [-0.25, -0.2) is 4.39 Å². The highest BCUT2D eigenvalue weighted by molar-refractivity contribution is 5.28. The minimum Gasteiger partial charge on any atom is -0.489 e. The molecule has 2 fully saturated rings. The van der Waals surface area contributed by atoms with Gasteiger partial charge in [-0.05, 0) is 66.3 Å². The smallest absolute Gasteiger partial charge is 0.123 e. The van der Waals surface area contributed by atoms with Gasteiger partial charge in [-0.1, -0.05) is 30.3 Å². The third kappa shape index (κ3) is 4.21. The molecule has 1 aliphatic carbocycles. The molecule has 2 heterocycles. The molecule has 0 bridgehead atoms. The van der Waals surface area contributed by atoms with Gasteiger partial charge < -0.3 is 9.84 Å². The van der Waals surface area contributed by atoms with Gasteiger partial charge in [0.05, 0.1) is 5.69 Å². The first-order valence-electron chi connectivity index (χ1n) is 10.9. The third-order valence-electron chi connectivity index (χ3n) is 6.76. The molecule has 160 valence electrons. The van der Waals surface area contributed by atoms with E-state index in [1.165, 1.54) is 17.7 Å². The fourth-order valence-corrected chi connectivity index (χ4v) is 5.19. The van der Waals surface area contributed by atoms with Crippen molar-refractivity contribution in [3.63, 3.8) is 0 Å². The number of rotatable bonds is 6. The second kappa shape index (κ2) is 8.40. The van der Waals surface area contributed by atoms with E-state index in [2.05, 4.69) is 22.0 Å². The lowest BCUT2D eigenvalue weighted by Gasteiger charge is -2.29. The monoisotopic (exact) mass is 418 g/mol. The topological polar surface area (TPSA) is 45.6 Å². The molecule has 1 aliphatic heterocycles. The number of likely N-dealkylation sites (tertiary alicyclic amines) is 1. The summed E-state index contributed by atoms with van der Waals surface area (Å²) in [5.74, 6) is 1.27. The van der Waals surface area contributed by atoms with E-state index in [0.717, 1.165) is 49.5 Å². The molecular weight excluding hydrogens is 391 g/mol. The van der Waals surface area contributed by atoms with Crippen LogP contribution in [-0.2, 0) is 18.8 Å². The van der Waals surface area contributed by atoms with Crippen molar-refractivity contribution in [1.82, 2.24) is 9.88 Å². The van der Waals surface area contributed by atoms with Crippen molar-refractivity contribution in [2.24, 2.45) is 11.8 Å². The standard InChI is InChI=1S/C26H27FN2O2/c27-22-5-3-4-20(14-22)18-31-23-9-7-19(8-10-23)15-29-16-21-11-12-26(30,24(21)17-29)25-6-1-2-13-28-25/h1-10,13-14,21,24,30H,11-12,15-18H2/t21-,24+,26-/m0/s1. The van der Waals surface area contributed by atoms with E-state index in [1.807, 2.05) is 36.4 Å². The lowest BCUT2D eigenvalue weighted by Crippen LogP contribution is -2.35. The summed E-state index contributed by atoms with van der Waals surface area (Å²) < 4.78 is 19.1. The van der Waals surface area contributed by atoms with Crippen molar-refractivity contribution >= 4 is 0 Å². The number of aromatic nitrogens is 1. The first-order chi connectivity index (χ1) is 15.1. The van der Waals surface area contributed by atoms with Crippen LogP contribution in [0, 0.1) is 17.7 Å². The van der Waals surface area contributed by atoms with Crippen molar-refractivity contribution in [3.05, 3.63) is 95.6 Å². The van der Waals surface area contributed by atoms with Crippen LogP contribution in [0.4, 0.5) is 4.39 Å². The largest absolute Gasteiger partial charge is 0.489 e. The number of pyridine rings is 1. The molecule has 2 aromatic carbocycles. The van der Waals surface area contributed by atoms with Gasteiger partial charge in [-0.15, -0.1) is 0 Å². The molecule has 0 radical (unpaired) electrons. The molecule has 0 unspecified atom stereocenters. The molecule has 1 aromatic heterocycles. The van der Waals surface area contributed by atoms with Crippen molar-refractivity contribution in [1.29, 1.82) is 0 Å². The van der Waals surface area contributed by atoms with Crippen LogP contribution in [0.15, 0.2) is 72.9 Å². The zero-order valence-electron chi connectivity index (χ0n) is 17.5. The maximum atomic E-state index is 13.3. The van der Waals surface area contributed by atoms with Gasteiger partial charge in [0, 0.05) is 31.7 Å². The van der Waals surface area contributed by atoms with Gasteiger partial charge in [0.15, 0.2) is 0 Å². The van der Waals surface area contributed by atoms with Gasteiger partial charge in [-0.2, -0.15) is 0 Å². The SMILES string of the molecule is O[C@@]1(c2ccccn2)CC[C@H]2CN(Cc3ccc(OCc4cccc(F)c4)cc3)C[C@H]21. The Kier molecular flexibility index (Phi) is 5.47. The Balaban J connectivity index is 1.19. The van der Waals surface area contributed by atoms with E-state index in [-0.39, 0.29) is 11.7 Å². The minimum atomic E-state index is -0.810. The number of hydrogen-bond donors (Lipinski definition) is 1. The maximum Gasteiger partial charge on any atom is 0.123 e. The molecule has 1 saturated carbocycles. The van der Waals surface area contributed by atoms with E-state index in [1.54, 1.807) is 12.3 Å². The molecule has 1 N–H and O–H groups in total. The van der Waals surface area contributed by atoms with Gasteiger partial charge in [0.25, 0.3) is 0 Å². The molecule has 3 aromatic rings. The third-order valence-corrected chi connectivity index (χ3v) is 6.76. The first-order valence-corrected chi connectivity index (χ1v) is 10.9. The quantitative estimate of drug-likeness (QED) is 0.639. The number of nitrogens with zero attached hydrogens (tertiary/aromatic N) is 2. The number of hydrogen-bond acceptors (Lipinski definition) is 4. The van der Waals surface area contributed by atoms with Gasteiger partial charge >= 0.3 is 0 Å². The van der Waals surface area contributed by atoms with Gasteiger partial charge in [0.1, 0.15) is 23.8 Å². The summed E-state index contributed by atoms with van der Waals surface area (Å²) in [6, 6.07) is 20.4. The summed E-state index contributed by atoms with van der Waals surface area (Å²) in [6.07, 6.45) is 3.61. The lowest BCUT2D eigenvalue weighted by molar-refractivity contribution is -0.0108. The Morgan fingerprint density at radius 2 is 1.90 bits per heavy atom. The Hall–Kier alpha value is -2.76. The van der Waals surface area contributed by atoms with Crippen LogP contribution in [0.3, 0.4) is 0 Å². The minimum absolute atomic E-state index is 0.233. The summed E-state index contributed by atoms with van der Waals surface area (Å²) >= 11 is 0. The summed E-state index contributed by atoms with van der Waals surface area (Å²) in [4.78, 5) is 6.89. The number of aliphatic hydroxyl groups is 1. The van der Waals surface area contributed by atoms with Crippen LogP contribution >= 0.6 is 0 Å². The molecule has 0 spiro atoms. The maximum absolute atomic E-state index is 13.3. The van der Waals surface area contributed by atoms with E-state index in [4.69, 9.17) is 4.74 Å². The highest BCUT2D eigenvalue weighted by Gasteiger charge is 2.52. The van der Waals surface area contributed by atoms with Crippen molar-refractivity contribution < 1.29 is 14.2 Å². The molecule has 5 rings (SSSR count). The number of fused-ring (bicyclic) bond motifs is 1. The Morgan fingerprint density at radius 3 is 2.68 bits per heavy atom. The van der Waals surface area contributed by atoms with E-state index < -0.39 is 5.60 Å². The summed E-state index contributed by atoms with van der Waals surface area (Å²) in [5.41, 5.74) is 2.03. The average molecular weight is 419 g/mol. The van der Waals surface area contributed by atoms with Crippen molar-refractivity contribution in [2.45, 2.75) is 31.6 Å². The van der Waals surface area contributed by atoms with Crippen molar-refractivity contribution in [3.8, 4) is 5.75 Å². The highest BCUT2D eigenvalue weighted by Crippen LogP contribution is 2.50. The number of ether oxygens (including phenoxy) is 1. The second-order valence-corrected chi connectivity index (χ2v) is 8.80. The normalized spacial score (nSPS) is 25.5. The summed E-state index contributed by atoms with van der Waals surface area (Å²) in [7, 11) is 0. The average Bonchev–Trinajstić information content (AvgIpc) is 3.34.